The highest BCUT2D eigenvalue weighted by Gasteiger charge is 2.28. The van der Waals surface area contributed by atoms with Crippen molar-refractivity contribution in [1.82, 2.24) is 19.9 Å². The molecule has 0 spiro atoms. The molecule has 28 heavy (non-hydrogen) atoms. The normalized spacial score (nSPS) is 19.9. The number of nitrogens with zero attached hydrogens (tertiary/aromatic N) is 4. The van der Waals surface area contributed by atoms with Gasteiger partial charge in [0.15, 0.2) is 0 Å². The third-order valence-electron chi connectivity index (χ3n) is 5.61. The van der Waals surface area contributed by atoms with Crippen LogP contribution in [0.2, 0.25) is 10.3 Å². The second-order valence-corrected chi connectivity index (χ2v) is 8.04. The minimum atomic E-state index is 0.314. The Morgan fingerprint density at radius 1 is 0.571 bits per heavy atom. The number of hydrogen-bond acceptors (Lipinski definition) is 4. The van der Waals surface area contributed by atoms with E-state index in [4.69, 9.17) is 33.2 Å². The molecule has 4 nitrogen and oxygen atoms in total. The van der Waals surface area contributed by atoms with Gasteiger partial charge in [0.1, 0.15) is 22.0 Å². The summed E-state index contributed by atoms with van der Waals surface area (Å²) in [5.74, 6) is 2.32. The Morgan fingerprint density at radius 3 is 1.39 bits per heavy atom. The minimum absolute atomic E-state index is 0.314. The predicted octanol–water partition coefficient (Wildman–Crippen LogP) is 6.32. The second kappa shape index (κ2) is 7.26. The Morgan fingerprint density at radius 2 is 0.964 bits per heavy atom. The summed E-state index contributed by atoms with van der Waals surface area (Å²) in [5.41, 5.74) is 1.81. The van der Waals surface area contributed by atoms with Gasteiger partial charge in [0, 0.05) is 22.6 Å². The molecule has 0 saturated heterocycles. The van der Waals surface area contributed by atoms with E-state index in [1.165, 1.54) is 0 Å². The lowest BCUT2D eigenvalue weighted by Crippen LogP contribution is -2.16. The lowest BCUT2D eigenvalue weighted by molar-refractivity contribution is 0.376. The maximum atomic E-state index is 6.39. The molecule has 140 valence electrons. The van der Waals surface area contributed by atoms with Crippen LogP contribution in [0, 0.1) is 0 Å². The Kier molecular flexibility index (Phi) is 4.61. The Hall–Kier alpha value is -2.30. The molecular formula is C22H18Cl2N4. The van der Waals surface area contributed by atoms with Crippen molar-refractivity contribution in [2.24, 2.45) is 0 Å². The number of rotatable bonds is 2. The third kappa shape index (κ3) is 3.21. The molecule has 0 bridgehead atoms. The summed E-state index contributed by atoms with van der Waals surface area (Å²) in [6.45, 7) is 0. The summed E-state index contributed by atoms with van der Waals surface area (Å²) in [5, 5.41) is 2.88. The molecule has 0 aliphatic heterocycles. The molecule has 4 aromatic rings. The monoisotopic (exact) mass is 408 g/mol. The van der Waals surface area contributed by atoms with E-state index in [0.29, 0.717) is 22.1 Å². The number of aromatic nitrogens is 4. The van der Waals surface area contributed by atoms with Crippen molar-refractivity contribution in [3.05, 3.63) is 70.5 Å². The van der Waals surface area contributed by atoms with E-state index in [2.05, 4.69) is 9.97 Å². The third-order valence-corrected chi connectivity index (χ3v) is 6.18. The van der Waals surface area contributed by atoms with Crippen molar-refractivity contribution in [2.45, 2.75) is 37.5 Å². The number of benzene rings is 2. The lowest BCUT2D eigenvalue weighted by atomic mass is 9.81. The Labute approximate surface area is 173 Å². The van der Waals surface area contributed by atoms with Gasteiger partial charge in [-0.25, -0.2) is 19.9 Å². The van der Waals surface area contributed by atoms with Crippen molar-refractivity contribution in [3.8, 4) is 0 Å². The van der Waals surface area contributed by atoms with Gasteiger partial charge in [-0.05, 0) is 49.9 Å². The van der Waals surface area contributed by atoms with Gasteiger partial charge in [-0.2, -0.15) is 0 Å². The van der Waals surface area contributed by atoms with Crippen LogP contribution in [0.15, 0.2) is 48.5 Å². The molecule has 1 aliphatic rings. The maximum Gasteiger partial charge on any atom is 0.140 e. The first-order chi connectivity index (χ1) is 13.7. The zero-order chi connectivity index (χ0) is 19.1. The van der Waals surface area contributed by atoms with E-state index in [1.54, 1.807) is 0 Å². The van der Waals surface area contributed by atoms with Crippen molar-refractivity contribution in [2.75, 3.05) is 0 Å². The Balaban J connectivity index is 1.38. The van der Waals surface area contributed by atoms with Gasteiger partial charge in [-0.1, -0.05) is 47.5 Å². The number of para-hydroxylation sites is 2. The molecule has 5 rings (SSSR count). The maximum absolute atomic E-state index is 6.39. The van der Waals surface area contributed by atoms with Crippen LogP contribution >= 0.6 is 23.2 Å². The average molecular weight is 409 g/mol. The van der Waals surface area contributed by atoms with Gasteiger partial charge in [-0.3, -0.25) is 0 Å². The molecule has 1 aliphatic carbocycles. The van der Waals surface area contributed by atoms with Gasteiger partial charge in [0.25, 0.3) is 0 Å². The average Bonchev–Trinajstić information content (AvgIpc) is 2.74. The second-order valence-electron chi connectivity index (χ2n) is 7.33. The molecule has 1 fully saturated rings. The summed E-state index contributed by atoms with van der Waals surface area (Å²) in [7, 11) is 0. The van der Waals surface area contributed by atoms with Gasteiger partial charge in [0.05, 0.1) is 11.0 Å². The zero-order valence-corrected chi connectivity index (χ0v) is 16.7. The van der Waals surface area contributed by atoms with Crippen LogP contribution in [-0.2, 0) is 0 Å². The molecular weight excluding hydrogens is 391 g/mol. The molecule has 0 N–H and O–H groups in total. The van der Waals surface area contributed by atoms with E-state index in [9.17, 15) is 0 Å². The van der Waals surface area contributed by atoms with Crippen LogP contribution < -0.4 is 0 Å². The number of fused-ring (bicyclic) bond motifs is 2. The first-order valence-electron chi connectivity index (χ1n) is 9.53. The van der Waals surface area contributed by atoms with Crippen molar-refractivity contribution in [1.29, 1.82) is 0 Å². The van der Waals surface area contributed by atoms with E-state index in [0.717, 1.165) is 59.1 Å². The fraction of sp³-hybridized carbons (Fsp3) is 0.273. The zero-order valence-electron chi connectivity index (χ0n) is 15.1. The summed E-state index contributed by atoms with van der Waals surface area (Å²) in [6, 6.07) is 15.8. The van der Waals surface area contributed by atoms with Gasteiger partial charge >= 0.3 is 0 Å². The van der Waals surface area contributed by atoms with Crippen LogP contribution in [0.25, 0.3) is 21.8 Å². The van der Waals surface area contributed by atoms with E-state index < -0.39 is 0 Å². The quantitative estimate of drug-likeness (QED) is 0.364. The smallest absolute Gasteiger partial charge is 0.140 e. The summed E-state index contributed by atoms with van der Waals surface area (Å²) in [4.78, 5) is 18.7. The summed E-state index contributed by atoms with van der Waals surface area (Å²) >= 11 is 12.8. The van der Waals surface area contributed by atoms with Gasteiger partial charge in [-0.15, -0.1) is 0 Å². The molecule has 2 aromatic heterocycles. The molecule has 1 saturated carbocycles. The topological polar surface area (TPSA) is 51.6 Å². The Bertz CT molecular complexity index is 1080. The standard InChI is InChI=1S/C22H18Cl2N4/c23-19-15-5-1-3-7-17(15)25-21(27-19)13-9-11-14(12-10-13)22-26-18-8-4-2-6-16(18)20(24)28-22/h1-8,13-14H,9-12H2. The first-order valence-corrected chi connectivity index (χ1v) is 10.3. The molecule has 2 aromatic carbocycles. The minimum Gasteiger partial charge on any atom is -0.232 e. The van der Waals surface area contributed by atoms with E-state index in [-0.39, 0.29) is 0 Å². The lowest BCUT2D eigenvalue weighted by Gasteiger charge is -2.27. The fourth-order valence-corrected chi connectivity index (χ4v) is 4.58. The highest BCUT2D eigenvalue weighted by atomic mass is 35.5. The predicted molar refractivity (Wildman–Crippen MR) is 113 cm³/mol. The molecule has 0 atom stereocenters. The van der Waals surface area contributed by atoms with E-state index >= 15 is 0 Å². The molecule has 0 unspecified atom stereocenters. The van der Waals surface area contributed by atoms with Gasteiger partial charge < -0.3 is 0 Å². The molecule has 0 radical (unpaired) electrons. The number of hydrogen-bond donors (Lipinski definition) is 0. The SMILES string of the molecule is Clc1nc(C2CCC(c3nc(Cl)c4ccccc4n3)CC2)nc2ccccc12. The largest absolute Gasteiger partial charge is 0.232 e. The summed E-state index contributed by atoms with van der Waals surface area (Å²) in [6.07, 6.45) is 3.97. The van der Waals surface area contributed by atoms with Crippen LogP contribution in [0.5, 0.6) is 0 Å². The molecule has 6 heteroatoms. The van der Waals surface area contributed by atoms with Crippen LogP contribution in [0.1, 0.15) is 49.2 Å². The number of halogens is 2. The molecule has 2 heterocycles. The first kappa shape index (κ1) is 17.8. The van der Waals surface area contributed by atoms with Crippen molar-refractivity contribution in [3.63, 3.8) is 0 Å². The highest BCUT2D eigenvalue weighted by molar-refractivity contribution is 6.34. The van der Waals surface area contributed by atoms with Crippen LogP contribution in [0.3, 0.4) is 0 Å². The molecule has 0 amide bonds. The summed E-state index contributed by atoms with van der Waals surface area (Å²) < 4.78 is 0. The fourth-order valence-electron chi connectivity index (χ4n) is 4.08. The van der Waals surface area contributed by atoms with Crippen molar-refractivity contribution < 1.29 is 0 Å². The highest BCUT2D eigenvalue weighted by Crippen LogP contribution is 2.40. The van der Waals surface area contributed by atoms with Crippen molar-refractivity contribution >= 4 is 45.0 Å². The van der Waals surface area contributed by atoms with Crippen LogP contribution in [0.4, 0.5) is 0 Å². The van der Waals surface area contributed by atoms with E-state index in [1.807, 2.05) is 48.5 Å². The van der Waals surface area contributed by atoms with Crippen LogP contribution in [-0.4, -0.2) is 19.9 Å². The van der Waals surface area contributed by atoms with Gasteiger partial charge in [0.2, 0.25) is 0 Å².